The van der Waals surface area contributed by atoms with Crippen LogP contribution in [0.25, 0.3) is 0 Å². The van der Waals surface area contributed by atoms with Crippen LogP contribution in [0.5, 0.6) is 0 Å². The van der Waals surface area contributed by atoms with Crippen LogP contribution in [-0.4, -0.2) is 7.05 Å². The molecule has 1 atom stereocenters. The summed E-state index contributed by atoms with van der Waals surface area (Å²) >= 11 is 6.06. The summed E-state index contributed by atoms with van der Waals surface area (Å²) < 4.78 is 0. The van der Waals surface area contributed by atoms with Crippen LogP contribution in [0.4, 0.5) is 0 Å². The molecule has 0 aromatic heterocycles. The van der Waals surface area contributed by atoms with E-state index in [-0.39, 0.29) is 0 Å². The first-order valence-electron chi connectivity index (χ1n) is 4.73. The number of aryl methyl sites for hydroxylation is 1. The number of rotatable bonds is 4. The third-order valence-corrected chi connectivity index (χ3v) is 2.76. The second kappa shape index (κ2) is 5.18. The molecule has 1 rings (SSSR count). The van der Waals surface area contributed by atoms with Crippen molar-refractivity contribution in [2.24, 2.45) is 0 Å². The Hall–Kier alpha value is -0.790. The van der Waals surface area contributed by atoms with Gasteiger partial charge in [0.25, 0.3) is 0 Å². The Balaban J connectivity index is 2.93. The highest BCUT2D eigenvalue weighted by molar-refractivity contribution is 6.31. The fraction of sp³-hybridized carbons (Fsp3) is 0.333. The summed E-state index contributed by atoms with van der Waals surface area (Å²) in [6, 6.07) is 6.48. The lowest BCUT2D eigenvalue weighted by Crippen LogP contribution is -2.15. The zero-order valence-electron chi connectivity index (χ0n) is 8.68. The van der Waals surface area contributed by atoms with Gasteiger partial charge in [-0.2, -0.15) is 0 Å². The van der Waals surface area contributed by atoms with Gasteiger partial charge in [-0.1, -0.05) is 29.8 Å². The summed E-state index contributed by atoms with van der Waals surface area (Å²) in [5.74, 6) is 0. The van der Waals surface area contributed by atoms with Crippen LogP contribution in [0.1, 0.15) is 23.6 Å². The molecule has 0 spiro atoms. The Labute approximate surface area is 90.8 Å². The number of hydrogen-bond donors (Lipinski definition) is 1. The molecule has 0 fully saturated rings. The Morgan fingerprint density at radius 2 is 2.29 bits per heavy atom. The van der Waals surface area contributed by atoms with E-state index in [1.807, 2.05) is 32.2 Å². The number of halogens is 1. The summed E-state index contributed by atoms with van der Waals surface area (Å²) in [5, 5.41) is 4.06. The Kier molecular flexibility index (Phi) is 4.18. The largest absolute Gasteiger partial charge is 0.313 e. The van der Waals surface area contributed by atoms with Gasteiger partial charge in [0.15, 0.2) is 0 Å². The Bertz CT molecular complexity index is 320. The minimum absolute atomic E-state index is 0.311. The van der Waals surface area contributed by atoms with Crippen molar-refractivity contribution in [3.63, 3.8) is 0 Å². The molecule has 0 amide bonds. The number of benzene rings is 1. The second-order valence-corrected chi connectivity index (χ2v) is 3.78. The molecule has 1 N–H and O–H groups in total. The summed E-state index contributed by atoms with van der Waals surface area (Å²) in [6.45, 7) is 5.75. The summed E-state index contributed by atoms with van der Waals surface area (Å²) in [6.07, 6.45) is 2.82. The zero-order valence-corrected chi connectivity index (χ0v) is 9.43. The maximum atomic E-state index is 6.06. The highest BCUT2D eigenvalue weighted by Crippen LogP contribution is 2.23. The molecule has 0 heterocycles. The minimum Gasteiger partial charge on any atom is -0.313 e. The lowest BCUT2D eigenvalue weighted by molar-refractivity contribution is 0.604. The van der Waals surface area contributed by atoms with Crippen LogP contribution >= 0.6 is 11.6 Å². The predicted molar refractivity (Wildman–Crippen MR) is 62.8 cm³/mol. The van der Waals surface area contributed by atoms with Gasteiger partial charge in [-0.05, 0) is 37.6 Å². The molecule has 0 saturated carbocycles. The van der Waals surface area contributed by atoms with Crippen LogP contribution < -0.4 is 5.32 Å². The van der Waals surface area contributed by atoms with Crippen molar-refractivity contribution in [2.75, 3.05) is 7.05 Å². The van der Waals surface area contributed by atoms with Crippen molar-refractivity contribution in [1.29, 1.82) is 0 Å². The van der Waals surface area contributed by atoms with Crippen LogP contribution in [0.15, 0.2) is 30.9 Å². The van der Waals surface area contributed by atoms with Crippen molar-refractivity contribution in [3.8, 4) is 0 Å². The molecular weight excluding hydrogens is 194 g/mol. The molecule has 14 heavy (non-hydrogen) atoms. The minimum atomic E-state index is 0.311. The molecule has 0 saturated heterocycles. The molecule has 0 aliphatic rings. The highest BCUT2D eigenvalue weighted by Gasteiger charge is 2.07. The molecule has 0 aliphatic heterocycles. The lowest BCUT2D eigenvalue weighted by Gasteiger charge is -2.15. The standard InChI is InChI=1S/C12H16ClN/c1-4-5-12(14-3)10-7-6-9(2)11(13)8-10/h4,6-8,12,14H,1,5H2,2-3H3. The second-order valence-electron chi connectivity index (χ2n) is 3.37. The van der Waals surface area contributed by atoms with Gasteiger partial charge in [-0.3, -0.25) is 0 Å². The molecule has 76 valence electrons. The first kappa shape index (κ1) is 11.3. The fourth-order valence-electron chi connectivity index (χ4n) is 1.41. The van der Waals surface area contributed by atoms with Crippen LogP contribution in [-0.2, 0) is 0 Å². The molecule has 1 nitrogen and oxygen atoms in total. The van der Waals surface area contributed by atoms with Gasteiger partial charge in [0.1, 0.15) is 0 Å². The van der Waals surface area contributed by atoms with Gasteiger partial charge in [0.05, 0.1) is 0 Å². The van der Waals surface area contributed by atoms with E-state index in [4.69, 9.17) is 11.6 Å². The Morgan fingerprint density at radius 1 is 1.57 bits per heavy atom. The van der Waals surface area contributed by atoms with Gasteiger partial charge < -0.3 is 5.32 Å². The SMILES string of the molecule is C=CCC(NC)c1ccc(C)c(Cl)c1. The molecule has 0 radical (unpaired) electrons. The number of hydrogen-bond acceptors (Lipinski definition) is 1. The van der Waals surface area contributed by atoms with Crippen LogP contribution in [0, 0.1) is 6.92 Å². The van der Waals surface area contributed by atoms with E-state index in [9.17, 15) is 0 Å². The molecule has 2 heteroatoms. The first-order valence-corrected chi connectivity index (χ1v) is 5.11. The van der Waals surface area contributed by atoms with Gasteiger partial charge in [-0.25, -0.2) is 0 Å². The monoisotopic (exact) mass is 209 g/mol. The van der Waals surface area contributed by atoms with Crippen molar-refractivity contribution in [3.05, 3.63) is 47.0 Å². The van der Waals surface area contributed by atoms with Crippen molar-refractivity contribution in [1.82, 2.24) is 5.32 Å². The zero-order chi connectivity index (χ0) is 10.6. The quantitative estimate of drug-likeness (QED) is 0.749. The number of nitrogens with one attached hydrogen (secondary N) is 1. The summed E-state index contributed by atoms with van der Waals surface area (Å²) in [4.78, 5) is 0. The smallest absolute Gasteiger partial charge is 0.0438 e. The third kappa shape index (κ3) is 2.60. The molecule has 1 unspecified atom stereocenters. The lowest BCUT2D eigenvalue weighted by atomic mass is 10.0. The first-order chi connectivity index (χ1) is 6.69. The Morgan fingerprint density at radius 3 is 2.79 bits per heavy atom. The average Bonchev–Trinajstić information content (AvgIpc) is 2.19. The highest BCUT2D eigenvalue weighted by atomic mass is 35.5. The van der Waals surface area contributed by atoms with Crippen molar-refractivity contribution < 1.29 is 0 Å². The van der Waals surface area contributed by atoms with Gasteiger partial charge >= 0.3 is 0 Å². The maximum Gasteiger partial charge on any atom is 0.0438 e. The average molecular weight is 210 g/mol. The van der Waals surface area contributed by atoms with E-state index in [0.29, 0.717) is 6.04 Å². The van der Waals surface area contributed by atoms with E-state index >= 15 is 0 Å². The predicted octanol–water partition coefficient (Wildman–Crippen LogP) is 3.49. The molecule has 0 aliphatic carbocycles. The van der Waals surface area contributed by atoms with E-state index in [0.717, 1.165) is 17.0 Å². The molecule has 0 bridgehead atoms. The summed E-state index contributed by atoms with van der Waals surface area (Å²) in [5.41, 5.74) is 2.33. The summed E-state index contributed by atoms with van der Waals surface area (Å²) in [7, 11) is 1.95. The van der Waals surface area contributed by atoms with E-state index in [1.165, 1.54) is 5.56 Å². The van der Waals surface area contributed by atoms with Crippen molar-refractivity contribution >= 4 is 11.6 Å². The fourth-order valence-corrected chi connectivity index (χ4v) is 1.60. The van der Waals surface area contributed by atoms with Gasteiger partial charge in [0, 0.05) is 11.1 Å². The third-order valence-electron chi connectivity index (χ3n) is 2.35. The van der Waals surface area contributed by atoms with E-state index in [1.54, 1.807) is 0 Å². The molecule has 1 aromatic rings. The van der Waals surface area contributed by atoms with E-state index in [2.05, 4.69) is 18.0 Å². The molecular formula is C12H16ClN. The van der Waals surface area contributed by atoms with Gasteiger partial charge in [0.2, 0.25) is 0 Å². The van der Waals surface area contributed by atoms with Crippen LogP contribution in [0.2, 0.25) is 5.02 Å². The van der Waals surface area contributed by atoms with E-state index < -0.39 is 0 Å². The van der Waals surface area contributed by atoms with Crippen LogP contribution in [0.3, 0.4) is 0 Å². The van der Waals surface area contributed by atoms with Crippen molar-refractivity contribution in [2.45, 2.75) is 19.4 Å². The molecule has 1 aromatic carbocycles. The maximum absolute atomic E-state index is 6.06. The topological polar surface area (TPSA) is 12.0 Å². The normalized spacial score (nSPS) is 12.5. The van der Waals surface area contributed by atoms with Gasteiger partial charge in [-0.15, -0.1) is 6.58 Å².